The summed E-state index contributed by atoms with van der Waals surface area (Å²) in [6.45, 7) is 0.960. The molecule has 94 valence electrons. The Hall–Kier alpha value is -0.410. The fraction of sp³-hybridized carbons (Fsp3) is 0.643. The molecule has 0 bridgehead atoms. The fourth-order valence-corrected chi connectivity index (χ4v) is 2.92. The van der Waals surface area contributed by atoms with Crippen LogP contribution in [0.3, 0.4) is 0 Å². The monoisotopic (exact) mass is 297 g/mol. The molecule has 1 saturated heterocycles. The van der Waals surface area contributed by atoms with E-state index in [0.29, 0.717) is 10.9 Å². The van der Waals surface area contributed by atoms with Crippen molar-refractivity contribution in [1.29, 1.82) is 0 Å². The van der Waals surface area contributed by atoms with Crippen molar-refractivity contribution >= 4 is 15.9 Å². The van der Waals surface area contributed by atoms with E-state index in [2.05, 4.69) is 33.0 Å². The molecule has 1 aromatic heterocycles. The minimum Gasteiger partial charge on any atom is -0.378 e. The van der Waals surface area contributed by atoms with Crippen LogP contribution in [-0.4, -0.2) is 22.5 Å². The van der Waals surface area contributed by atoms with Crippen molar-refractivity contribution in [2.75, 3.05) is 6.61 Å². The quantitative estimate of drug-likeness (QED) is 0.773. The summed E-state index contributed by atoms with van der Waals surface area (Å²) in [6.07, 6.45) is 11.5. The number of halogens is 1. The highest BCUT2D eigenvalue weighted by Gasteiger charge is 2.15. The lowest BCUT2D eigenvalue weighted by molar-refractivity contribution is 0.0102. The molecule has 2 unspecified atom stereocenters. The Balaban J connectivity index is 1.68. The number of nitrogens with zero attached hydrogens (tertiary/aromatic N) is 1. The summed E-state index contributed by atoms with van der Waals surface area (Å²) in [5, 5.41) is 0. The molecular formula is C14H20BrNO. The van der Waals surface area contributed by atoms with Gasteiger partial charge >= 0.3 is 0 Å². The van der Waals surface area contributed by atoms with Crippen molar-refractivity contribution in [2.45, 2.75) is 49.5 Å². The van der Waals surface area contributed by atoms with Crippen molar-refractivity contribution in [3.05, 3.63) is 30.1 Å². The summed E-state index contributed by atoms with van der Waals surface area (Å²) >= 11 is 3.77. The molecule has 0 aliphatic carbocycles. The van der Waals surface area contributed by atoms with Crippen LogP contribution in [0.2, 0.25) is 0 Å². The van der Waals surface area contributed by atoms with Gasteiger partial charge in [-0.2, -0.15) is 0 Å². The summed E-state index contributed by atoms with van der Waals surface area (Å²) < 4.78 is 5.75. The van der Waals surface area contributed by atoms with Gasteiger partial charge in [0.25, 0.3) is 0 Å². The fourth-order valence-electron chi connectivity index (χ4n) is 2.28. The van der Waals surface area contributed by atoms with E-state index in [1.54, 1.807) is 0 Å². The Morgan fingerprint density at radius 2 is 2.18 bits per heavy atom. The Morgan fingerprint density at radius 1 is 1.35 bits per heavy atom. The lowest BCUT2D eigenvalue weighted by Gasteiger charge is -2.23. The molecular weight excluding hydrogens is 278 g/mol. The average Bonchev–Trinajstić information content (AvgIpc) is 2.39. The molecule has 0 spiro atoms. The first-order valence-corrected chi connectivity index (χ1v) is 7.41. The topological polar surface area (TPSA) is 22.1 Å². The molecule has 0 saturated carbocycles. The van der Waals surface area contributed by atoms with Gasteiger partial charge in [-0.05, 0) is 56.2 Å². The predicted octanol–water partition coefficient (Wildman–Crippen LogP) is 3.74. The number of hydrogen-bond acceptors (Lipinski definition) is 2. The molecule has 2 heterocycles. The molecule has 2 rings (SSSR count). The first kappa shape index (κ1) is 13.0. The largest absolute Gasteiger partial charge is 0.378 e. The van der Waals surface area contributed by atoms with Gasteiger partial charge in [0.15, 0.2) is 0 Å². The van der Waals surface area contributed by atoms with Gasteiger partial charge in [-0.15, -0.1) is 0 Å². The van der Waals surface area contributed by atoms with Gasteiger partial charge in [0, 0.05) is 23.8 Å². The zero-order chi connectivity index (χ0) is 11.9. The van der Waals surface area contributed by atoms with E-state index in [-0.39, 0.29) is 0 Å². The maximum Gasteiger partial charge on any atom is 0.0575 e. The number of pyridine rings is 1. The zero-order valence-corrected chi connectivity index (χ0v) is 11.7. The van der Waals surface area contributed by atoms with Crippen molar-refractivity contribution in [1.82, 2.24) is 4.98 Å². The van der Waals surface area contributed by atoms with Crippen LogP contribution in [0.5, 0.6) is 0 Å². The van der Waals surface area contributed by atoms with Gasteiger partial charge in [0.05, 0.1) is 6.10 Å². The summed E-state index contributed by atoms with van der Waals surface area (Å²) in [6, 6.07) is 4.18. The molecule has 17 heavy (non-hydrogen) atoms. The summed E-state index contributed by atoms with van der Waals surface area (Å²) in [5.41, 5.74) is 1.35. The second kappa shape index (κ2) is 7.12. The van der Waals surface area contributed by atoms with Crippen LogP contribution in [0.25, 0.3) is 0 Å². The van der Waals surface area contributed by atoms with E-state index in [9.17, 15) is 0 Å². The Bertz CT molecular complexity index is 311. The molecule has 1 aliphatic heterocycles. The van der Waals surface area contributed by atoms with E-state index in [4.69, 9.17) is 4.74 Å². The van der Waals surface area contributed by atoms with Gasteiger partial charge < -0.3 is 4.74 Å². The minimum atomic E-state index is 0.501. The molecule has 1 aliphatic rings. The van der Waals surface area contributed by atoms with Gasteiger partial charge in [0.1, 0.15) is 0 Å². The third-order valence-electron chi connectivity index (χ3n) is 3.28. The van der Waals surface area contributed by atoms with Crippen LogP contribution in [0, 0.1) is 0 Å². The molecule has 0 radical (unpaired) electrons. The molecule has 1 aromatic rings. The average molecular weight is 298 g/mol. The Kier molecular flexibility index (Phi) is 5.46. The second-order valence-corrected chi connectivity index (χ2v) is 6.02. The van der Waals surface area contributed by atoms with Gasteiger partial charge in [-0.1, -0.05) is 15.9 Å². The smallest absolute Gasteiger partial charge is 0.0575 e. The molecule has 0 amide bonds. The second-order valence-electron chi connectivity index (χ2n) is 4.72. The lowest BCUT2D eigenvalue weighted by Crippen LogP contribution is -2.20. The highest BCUT2D eigenvalue weighted by molar-refractivity contribution is 9.09. The van der Waals surface area contributed by atoms with E-state index in [1.165, 1.54) is 37.7 Å². The van der Waals surface area contributed by atoms with Crippen LogP contribution < -0.4 is 0 Å². The van der Waals surface area contributed by atoms with Gasteiger partial charge in [-0.3, -0.25) is 4.98 Å². The molecule has 0 N–H and O–H groups in total. The van der Waals surface area contributed by atoms with E-state index < -0.39 is 0 Å². The van der Waals surface area contributed by atoms with Gasteiger partial charge in [0.2, 0.25) is 0 Å². The van der Waals surface area contributed by atoms with Crippen molar-refractivity contribution < 1.29 is 4.74 Å². The Morgan fingerprint density at radius 3 is 2.88 bits per heavy atom. The van der Waals surface area contributed by atoms with Crippen LogP contribution in [0.4, 0.5) is 0 Å². The van der Waals surface area contributed by atoms with Crippen molar-refractivity contribution in [3.63, 3.8) is 0 Å². The normalized spacial score (nSPS) is 22.3. The van der Waals surface area contributed by atoms with Crippen molar-refractivity contribution in [2.24, 2.45) is 0 Å². The first-order valence-electron chi connectivity index (χ1n) is 6.49. The lowest BCUT2D eigenvalue weighted by atomic mass is 10.0. The molecule has 0 aromatic carbocycles. The van der Waals surface area contributed by atoms with Crippen molar-refractivity contribution in [3.8, 4) is 0 Å². The maximum atomic E-state index is 5.75. The minimum absolute atomic E-state index is 0.501. The number of hydrogen-bond donors (Lipinski definition) is 0. The first-order chi connectivity index (χ1) is 8.34. The zero-order valence-electron chi connectivity index (χ0n) is 10.1. The van der Waals surface area contributed by atoms with Crippen LogP contribution >= 0.6 is 15.9 Å². The maximum absolute atomic E-state index is 5.75. The van der Waals surface area contributed by atoms with Crippen LogP contribution in [0.15, 0.2) is 24.5 Å². The predicted molar refractivity (Wildman–Crippen MR) is 73.5 cm³/mol. The SMILES string of the molecule is BrC(CCC1CCCCO1)Cc1ccncc1. The van der Waals surface area contributed by atoms with Gasteiger partial charge in [-0.25, -0.2) is 0 Å². The van der Waals surface area contributed by atoms with E-state index >= 15 is 0 Å². The standard InChI is InChI=1S/C14H20BrNO/c15-13(11-12-6-8-16-9-7-12)4-5-14-3-1-2-10-17-14/h6-9,13-14H,1-5,10-11H2. The number of rotatable bonds is 5. The van der Waals surface area contributed by atoms with E-state index in [1.807, 2.05) is 12.4 Å². The summed E-state index contributed by atoms with van der Waals surface area (Å²) in [7, 11) is 0. The third-order valence-corrected chi connectivity index (χ3v) is 4.06. The van der Waals surface area contributed by atoms with Crippen LogP contribution in [-0.2, 0) is 11.2 Å². The van der Waals surface area contributed by atoms with Crippen LogP contribution in [0.1, 0.15) is 37.7 Å². The number of aromatic nitrogens is 1. The molecule has 2 nitrogen and oxygen atoms in total. The molecule has 1 fully saturated rings. The highest BCUT2D eigenvalue weighted by atomic mass is 79.9. The summed E-state index contributed by atoms with van der Waals surface area (Å²) in [4.78, 5) is 4.59. The Labute approximate surface area is 112 Å². The number of ether oxygens (including phenoxy) is 1. The number of alkyl halides is 1. The molecule has 3 heteroatoms. The summed E-state index contributed by atoms with van der Waals surface area (Å²) in [5.74, 6) is 0. The highest BCUT2D eigenvalue weighted by Crippen LogP contribution is 2.21. The third kappa shape index (κ3) is 4.76. The molecule has 2 atom stereocenters. The van der Waals surface area contributed by atoms with E-state index in [0.717, 1.165) is 13.0 Å².